The van der Waals surface area contributed by atoms with E-state index in [9.17, 15) is 19.0 Å². The van der Waals surface area contributed by atoms with Gasteiger partial charge in [-0.15, -0.1) is 0 Å². The summed E-state index contributed by atoms with van der Waals surface area (Å²) in [6, 6.07) is 0. The number of hydrogen-bond donors (Lipinski definition) is 1. The maximum absolute atomic E-state index is 12.8. The molecule has 9 nitrogen and oxygen atoms in total. The molecule has 0 saturated carbocycles. The summed E-state index contributed by atoms with van der Waals surface area (Å²) in [5, 5.41) is 0. The van der Waals surface area contributed by atoms with Crippen molar-refractivity contribution in [2.45, 2.75) is 302 Å². The SMILES string of the molecule is CC/C=C\C/C=C\C/C=C\C/C=C\C/C=C\CCCCCC(=O)OC(COC(=O)CCCCCCCCCCCCCCCCCCCCCCCCCCCCCCCCCCC)COP(=O)(O)OCC[N+](C)(C)C. The van der Waals surface area contributed by atoms with E-state index in [2.05, 4.69) is 74.6 Å². The molecule has 0 aromatic carbocycles. The zero-order chi connectivity index (χ0) is 55.6. The lowest BCUT2D eigenvalue weighted by molar-refractivity contribution is -0.870. The highest BCUT2D eigenvalue weighted by molar-refractivity contribution is 7.47. The number of likely N-dealkylation sites (N-methyl/N-ethyl adjacent to an activating group) is 1. The highest BCUT2D eigenvalue weighted by atomic mass is 31.2. The minimum absolute atomic E-state index is 0.0239. The maximum atomic E-state index is 12.8. The lowest BCUT2D eigenvalue weighted by Crippen LogP contribution is -2.37. The molecule has 444 valence electrons. The van der Waals surface area contributed by atoms with Crippen molar-refractivity contribution >= 4 is 19.8 Å². The van der Waals surface area contributed by atoms with Gasteiger partial charge in [-0.1, -0.05) is 286 Å². The summed E-state index contributed by atoms with van der Waals surface area (Å²) < 4.78 is 34.6. The summed E-state index contributed by atoms with van der Waals surface area (Å²) in [4.78, 5) is 35.7. The third-order valence-electron chi connectivity index (χ3n) is 14.1. The fraction of sp³-hybridized carbons (Fsp3) is 0.818. The highest BCUT2D eigenvalue weighted by Gasteiger charge is 2.27. The van der Waals surface area contributed by atoms with Crippen LogP contribution < -0.4 is 0 Å². The number of rotatable bonds is 59. The minimum Gasteiger partial charge on any atom is -0.462 e. The van der Waals surface area contributed by atoms with E-state index >= 15 is 0 Å². The fourth-order valence-corrected chi connectivity index (χ4v) is 9.90. The number of ether oxygens (including phenoxy) is 2. The standard InChI is InChI=1S/C66H122NO8P/c1-6-8-10-12-14-16-18-20-22-24-26-27-28-29-30-31-32-33-34-35-36-37-38-39-41-42-44-46-48-50-52-54-56-58-65(68)72-62-64(63-74-76(70,71)73-61-60-67(3,4)5)75-66(69)59-57-55-53-51-49-47-45-43-40-25-23-21-19-17-15-13-11-9-7-2/h9,11,15,17,21,23,40,43,47,49,64H,6-8,10,12-14,16,18-20,22,24-39,41-42,44-46,48,50-63H2,1-5H3/p+1/b11-9-,17-15-,23-21-,43-40-,49-47-. The van der Waals surface area contributed by atoms with Crippen molar-refractivity contribution in [2.75, 3.05) is 47.5 Å². The number of allylic oxidation sites excluding steroid dienone is 10. The average Bonchev–Trinajstić information content (AvgIpc) is 3.38. The van der Waals surface area contributed by atoms with Gasteiger partial charge in [0.05, 0.1) is 27.7 Å². The number of unbranched alkanes of at least 4 members (excludes halogenated alkanes) is 35. The summed E-state index contributed by atoms with van der Waals surface area (Å²) >= 11 is 0. The fourth-order valence-electron chi connectivity index (χ4n) is 9.16. The summed E-state index contributed by atoms with van der Waals surface area (Å²) in [7, 11) is 1.46. The Hall–Kier alpha value is -2.29. The van der Waals surface area contributed by atoms with E-state index < -0.39 is 26.5 Å². The van der Waals surface area contributed by atoms with Crippen LogP contribution in [-0.4, -0.2) is 74.9 Å². The highest BCUT2D eigenvalue weighted by Crippen LogP contribution is 2.43. The van der Waals surface area contributed by atoms with Crippen molar-refractivity contribution < 1.29 is 42.1 Å². The first kappa shape index (κ1) is 73.7. The molecule has 0 aliphatic heterocycles. The zero-order valence-corrected chi connectivity index (χ0v) is 51.4. The summed E-state index contributed by atoms with van der Waals surface area (Å²) in [5.41, 5.74) is 0. The van der Waals surface area contributed by atoms with Gasteiger partial charge in [-0.05, 0) is 57.8 Å². The monoisotopic (exact) mass is 1090 g/mol. The molecule has 0 rings (SSSR count). The number of hydrogen-bond acceptors (Lipinski definition) is 7. The van der Waals surface area contributed by atoms with Crippen LogP contribution in [0.25, 0.3) is 0 Å². The first-order valence-electron chi connectivity index (χ1n) is 32.0. The molecule has 0 amide bonds. The van der Waals surface area contributed by atoms with Gasteiger partial charge in [-0.25, -0.2) is 4.57 Å². The normalized spacial score (nSPS) is 13.6. The second-order valence-corrected chi connectivity index (χ2v) is 24.2. The second-order valence-electron chi connectivity index (χ2n) is 22.8. The molecular formula is C66H123NO8P+. The molecule has 2 unspecified atom stereocenters. The van der Waals surface area contributed by atoms with E-state index in [0.29, 0.717) is 17.4 Å². The van der Waals surface area contributed by atoms with Gasteiger partial charge in [-0.2, -0.15) is 0 Å². The van der Waals surface area contributed by atoms with Gasteiger partial charge >= 0.3 is 19.8 Å². The van der Waals surface area contributed by atoms with Crippen LogP contribution >= 0.6 is 7.82 Å². The molecule has 0 fully saturated rings. The Kier molecular flexibility index (Phi) is 55.7. The molecule has 10 heteroatoms. The van der Waals surface area contributed by atoms with Crippen LogP contribution in [0, 0.1) is 0 Å². The van der Waals surface area contributed by atoms with E-state index in [-0.39, 0.29) is 32.0 Å². The molecule has 76 heavy (non-hydrogen) atoms. The first-order chi connectivity index (χ1) is 37.0. The molecule has 0 spiro atoms. The molecule has 0 aromatic rings. The van der Waals surface area contributed by atoms with Gasteiger partial charge in [0, 0.05) is 12.8 Å². The van der Waals surface area contributed by atoms with Crippen molar-refractivity contribution in [3.05, 3.63) is 60.8 Å². The molecule has 0 radical (unpaired) electrons. The van der Waals surface area contributed by atoms with E-state index in [1.54, 1.807) is 0 Å². The Morgan fingerprint density at radius 1 is 0.421 bits per heavy atom. The second kappa shape index (κ2) is 57.4. The van der Waals surface area contributed by atoms with Gasteiger partial charge in [0.15, 0.2) is 6.10 Å². The maximum Gasteiger partial charge on any atom is 0.472 e. The molecule has 0 saturated heterocycles. The van der Waals surface area contributed by atoms with Crippen LogP contribution in [0.15, 0.2) is 60.8 Å². The van der Waals surface area contributed by atoms with Crippen molar-refractivity contribution in [1.29, 1.82) is 0 Å². The topological polar surface area (TPSA) is 108 Å². The molecule has 0 aliphatic carbocycles. The number of phosphoric acid groups is 1. The van der Waals surface area contributed by atoms with Gasteiger partial charge in [0.25, 0.3) is 0 Å². The van der Waals surface area contributed by atoms with Crippen LogP contribution in [-0.2, 0) is 32.7 Å². The van der Waals surface area contributed by atoms with Crippen LogP contribution in [0.4, 0.5) is 0 Å². The number of carbonyl (C=O) groups excluding carboxylic acids is 2. The molecule has 0 aromatic heterocycles. The van der Waals surface area contributed by atoms with Gasteiger partial charge in [0.2, 0.25) is 0 Å². The minimum atomic E-state index is -4.40. The van der Waals surface area contributed by atoms with E-state index in [4.69, 9.17) is 18.5 Å². The van der Waals surface area contributed by atoms with Crippen LogP contribution in [0.1, 0.15) is 296 Å². The summed E-state index contributed by atoms with van der Waals surface area (Å²) in [6.07, 6.45) is 74.7. The number of quaternary nitrogens is 1. The smallest absolute Gasteiger partial charge is 0.462 e. The van der Waals surface area contributed by atoms with Gasteiger partial charge in [0.1, 0.15) is 19.8 Å². The zero-order valence-electron chi connectivity index (χ0n) is 50.5. The predicted octanol–water partition coefficient (Wildman–Crippen LogP) is 20.3. The molecular weight excluding hydrogens is 966 g/mol. The van der Waals surface area contributed by atoms with Crippen molar-refractivity contribution in [3.63, 3.8) is 0 Å². The predicted molar refractivity (Wildman–Crippen MR) is 326 cm³/mol. The molecule has 1 N–H and O–H groups in total. The molecule has 0 bridgehead atoms. The number of carbonyl (C=O) groups is 2. The van der Waals surface area contributed by atoms with Gasteiger partial charge in [-0.3, -0.25) is 18.6 Å². The Balaban J connectivity index is 4.02. The van der Waals surface area contributed by atoms with Crippen LogP contribution in [0.5, 0.6) is 0 Å². The Morgan fingerprint density at radius 2 is 0.750 bits per heavy atom. The van der Waals surface area contributed by atoms with Crippen LogP contribution in [0.3, 0.4) is 0 Å². The molecule has 2 atom stereocenters. The Labute approximate surface area is 470 Å². The molecule has 0 heterocycles. The average molecular weight is 1090 g/mol. The summed E-state index contributed by atoms with van der Waals surface area (Å²) in [6.45, 7) is 4.32. The number of phosphoric ester groups is 1. The third kappa shape index (κ3) is 60.9. The Morgan fingerprint density at radius 3 is 1.12 bits per heavy atom. The third-order valence-corrected chi connectivity index (χ3v) is 15.0. The van der Waals surface area contributed by atoms with Crippen molar-refractivity contribution in [1.82, 2.24) is 0 Å². The quantitative estimate of drug-likeness (QED) is 0.0211. The number of esters is 2. The lowest BCUT2D eigenvalue weighted by atomic mass is 10.0. The largest absolute Gasteiger partial charge is 0.472 e. The summed E-state index contributed by atoms with van der Waals surface area (Å²) in [5.74, 6) is -0.826. The Bertz CT molecular complexity index is 1470. The van der Waals surface area contributed by atoms with Gasteiger partial charge < -0.3 is 18.9 Å². The van der Waals surface area contributed by atoms with Crippen molar-refractivity contribution in [2.24, 2.45) is 0 Å². The van der Waals surface area contributed by atoms with E-state index in [1.165, 1.54) is 193 Å². The lowest BCUT2D eigenvalue weighted by Gasteiger charge is -2.24. The van der Waals surface area contributed by atoms with Crippen LogP contribution in [0.2, 0.25) is 0 Å². The number of nitrogens with zero attached hydrogens (tertiary/aromatic N) is 1. The molecule has 0 aliphatic rings. The van der Waals surface area contributed by atoms with E-state index in [1.807, 2.05) is 21.1 Å². The van der Waals surface area contributed by atoms with Crippen molar-refractivity contribution in [3.8, 4) is 0 Å². The first-order valence-corrected chi connectivity index (χ1v) is 33.5. The van der Waals surface area contributed by atoms with E-state index in [0.717, 1.165) is 70.6 Å².